The maximum atomic E-state index is 13.6. The molecule has 0 spiro atoms. The van der Waals surface area contributed by atoms with E-state index in [1.54, 1.807) is 6.07 Å². The quantitative estimate of drug-likeness (QED) is 0.893. The molecule has 2 N–H and O–H groups in total. The number of hydrogen-bond acceptors (Lipinski definition) is 4. The van der Waals surface area contributed by atoms with Crippen molar-refractivity contribution >= 4 is 21.4 Å². The maximum absolute atomic E-state index is 13.6. The Hall–Kier alpha value is -1.34. The van der Waals surface area contributed by atoms with Crippen molar-refractivity contribution in [3.63, 3.8) is 0 Å². The number of hydrogen-bond donors (Lipinski definition) is 2. The monoisotopic (exact) mass is 315 g/mol. The van der Waals surface area contributed by atoms with Gasteiger partial charge in [-0.15, -0.1) is 0 Å². The highest BCUT2D eigenvalue weighted by atomic mass is 32.2. The average molecular weight is 315 g/mol. The van der Waals surface area contributed by atoms with Crippen LogP contribution >= 0.6 is 0 Å². The van der Waals surface area contributed by atoms with Crippen LogP contribution in [-0.2, 0) is 10.0 Å². The molecule has 1 aliphatic heterocycles. The molecular formula is C14H22FN3O2S. The van der Waals surface area contributed by atoms with E-state index in [2.05, 4.69) is 28.9 Å². The van der Waals surface area contributed by atoms with Gasteiger partial charge in [-0.25, -0.2) is 12.8 Å². The third-order valence-electron chi connectivity index (χ3n) is 3.84. The van der Waals surface area contributed by atoms with Gasteiger partial charge >= 0.3 is 0 Å². The van der Waals surface area contributed by atoms with Crippen LogP contribution in [0.25, 0.3) is 0 Å². The van der Waals surface area contributed by atoms with Crippen molar-refractivity contribution in [2.75, 3.05) is 29.9 Å². The van der Waals surface area contributed by atoms with Crippen molar-refractivity contribution in [3.8, 4) is 0 Å². The molecule has 1 aromatic carbocycles. The fourth-order valence-electron chi connectivity index (χ4n) is 2.55. The standard InChI is InChI=1S/C14H22FN3O2S/c1-10-8-12(6-7-18(10)2)16-11-4-5-13(15)14(9-11)17-21(3,19)20/h4-5,9-10,12,16-17H,6-8H2,1-3H3. The first-order chi connectivity index (χ1) is 9.74. The minimum absolute atomic E-state index is 0.0246. The summed E-state index contributed by atoms with van der Waals surface area (Å²) in [6.07, 6.45) is 3.01. The van der Waals surface area contributed by atoms with Crippen LogP contribution in [-0.4, -0.2) is 45.2 Å². The number of piperidine rings is 1. The Morgan fingerprint density at radius 1 is 1.38 bits per heavy atom. The zero-order chi connectivity index (χ0) is 15.6. The van der Waals surface area contributed by atoms with Gasteiger partial charge in [0, 0.05) is 24.3 Å². The van der Waals surface area contributed by atoms with Gasteiger partial charge in [-0.1, -0.05) is 0 Å². The van der Waals surface area contributed by atoms with Crippen molar-refractivity contribution in [2.24, 2.45) is 0 Å². The van der Waals surface area contributed by atoms with E-state index in [-0.39, 0.29) is 5.69 Å². The van der Waals surface area contributed by atoms with Gasteiger partial charge < -0.3 is 10.2 Å². The van der Waals surface area contributed by atoms with Crippen molar-refractivity contribution < 1.29 is 12.8 Å². The molecule has 0 aliphatic carbocycles. The first-order valence-corrected chi connectivity index (χ1v) is 8.88. The van der Waals surface area contributed by atoms with Crippen molar-refractivity contribution in [2.45, 2.75) is 31.8 Å². The molecule has 2 rings (SSSR count). The summed E-state index contributed by atoms with van der Waals surface area (Å²) in [5.41, 5.74) is 0.702. The zero-order valence-corrected chi connectivity index (χ0v) is 13.4. The normalized spacial score (nSPS) is 23.8. The van der Waals surface area contributed by atoms with Crippen molar-refractivity contribution in [1.29, 1.82) is 0 Å². The summed E-state index contributed by atoms with van der Waals surface area (Å²) in [4.78, 5) is 2.31. The minimum Gasteiger partial charge on any atom is -0.382 e. The van der Waals surface area contributed by atoms with Crippen LogP contribution in [0, 0.1) is 5.82 Å². The molecule has 2 unspecified atom stereocenters. The van der Waals surface area contributed by atoms with Gasteiger partial charge in [0.25, 0.3) is 0 Å². The van der Waals surface area contributed by atoms with Crippen molar-refractivity contribution in [1.82, 2.24) is 4.90 Å². The highest BCUT2D eigenvalue weighted by molar-refractivity contribution is 7.92. The van der Waals surface area contributed by atoms with Crippen LogP contribution in [0.1, 0.15) is 19.8 Å². The second-order valence-electron chi connectivity index (χ2n) is 5.76. The predicted molar refractivity (Wildman–Crippen MR) is 83.6 cm³/mol. The van der Waals surface area contributed by atoms with E-state index in [1.807, 2.05) is 0 Å². The van der Waals surface area contributed by atoms with Gasteiger partial charge in [0.2, 0.25) is 10.0 Å². The van der Waals surface area contributed by atoms with Crippen LogP contribution < -0.4 is 10.0 Å². The number of likely N-dealkylation sites (tertiary alicyclic amines) is 1. The second-order valence-corrected chi connectivity index (χ2v) is 7.51. The van der Waals surface area contributed by atoms with Gasteiger partial charge in [-0.2, -0.15) is 0 Å². The van der Waals surface area contributed by atoms with Crippen LogP contribution in [0.2, 0.25) is 0 Å². The van der Waals surface area contributed by atoms with E-state index in [1.165, 1.54) is 12.1 Å². The second kappa shape index (κ2) is 6.19. The lowest BCUT2D eigenvalue weighted by Gasteiger charge is -2.35. The molecule has 0 radical (unpaired) electrons. The highest BCUT2D eigenvalue weighted by Crippen LogP contribution is 2.24. The summed E-state index contributed by atoms with van der Waals surface area (Å²) in [7, 11) is -1.39. The molecule has 0 saturated carbocycles. The fourth-order valence-corrected chi connectivity index (χ4v) is 3.11. The van der Waals surface area contributed by atoms with E-state index < -0.39 is 15.8 Å². The minimum atomic E-state index is -3.49. The van der Waals surface area contributed by atoms with Crippen molar-refractivity contribution in [3.05, 3.63) is 24.0 Å². The Morgan fingerprint density at radius 2 is 2.10 bits per heavy atom. The SMILES string of the molecule is CC1CC(Nc2ccc(F)c(NS(C)(=O)=O)c2)CCN1C. The lowest BCUT2D eigenvalue weighted by molar-refractivity contribution is 0.190. The van der Waals surface area contributed by atoms with E-state index >= 15 is 0 Å². The van der Waals surface area contributed by atoms with Crippen LogP contribution in [0.3, 0.4) is 0 Å². The number of nitrogens with one attached hydrogen (secondary N) is 2. The van der Waals surface area contributed by atoms with Gasteiger partial charge in [0.15, 0.2) is 0 Å². The molecule has 118 valence electrons. The molecule has 7 heteroatoms. The summed E-state index contributed by atoms with van der Waals surface area (Å²) in [6.45, 7) is 3.18. The van der Waals surface area contributed by atoms with Gasteiger partial charge in [0.05, 0.1) is 11.9 Å². The Balaban J connectivity index is 2.09. The molecular weight excluding hydrogens is 293 g/mol. The first kappa shape index (κ1) is 16.0. The molecule has 2 atom stereocenters. The summed E-state index contributed by atoms with van der Waals surface area (Å²) in [6, 6.07) is 5.21. The zero-order valence-electron chi connectivity index (χ0n) is 12.6. The molecule has 21 heavy (non-hydrogen) atoms. The first-order valence-electron chi connectivity index (χ1n) is 6.99. The molecule has 0 bridgehead atoms. The van der Waals surface area contributed by atoms with Gasteiger partial charge in [0.1, 0.15) is 5.82 Å². The summed E-state index contributed by atoms with van der Waals surface area (Å²) >= 11 is 0. The number of halogens is 1. The summed E-state index contributed by atoms with van der Waals surface area (Å²) in [5.74, 6) is -0.581. The number of rotatable bonds is 4. The molecule has 0 aromatic heterocycles. The third kappa shape index (κ3) is 4.57. The Morgan fingerprint density at radius 3 is 2.71 bits per heavy atom. The molecule has 0 amide bonds. The topological polar surface area (TPSA) is 61.4 Å². The molecule has 1 fully saturated rings. The molecule has 1 saturated heterocycles. The smallest absolute Gasteiger partial charge is 0.229 e. The van der Waals surface area contributed by atoms with E-state index in [0.717, 1.165) is 31.3 Å². The summed E-state index contributed by atoms with van der Waals surface area (Å²) < 4.78 is 38.3. The Kier molecular flexibility index (Phi) is 4.73. The highest BCUT2D eigenvalue weighted by Gasteiger charge is 2.22. The van der Waals surface area contributed by atoms with Crippen LogP contribution in [0.4, 0.5) is 15.8 Å². The molecule has 1 heterocycles. The maximum Gasteiger partial charge on any atom is 0.229 e. The summed E-state index contributed by atoms with van der Waals surface area (Å²) in [5, 5.41) is 3.36. The Bertz CT molecular complexity index is 606. The van der Waals surface area contributed by atoms with Crippen LogP contribution in [0.5, 0.6) is 0 Å². The number of anilines is 2. The third-order valence-corrected chi connectivity index (χ3v) is 4.43. The Labute approximate surface area is 125 Å². The lowest BCUT2D eigenvalue weighted by Crippen LogP contribution is -2.42. The average Bonchev–Trinajstić information content (AvgIpc) is 2.36. The number of benzene rings is 1. The fraction of sp³-hybridized carbons (Fsp3) is 0.571. The number of sulfonamides is 1. The van der Waals surface area contributed by atoms with E-state index in [9.17, 15) is 12.8 Å². The van der Waals surface area contributed by atoms with Gasteiger partial charge in [-0.3, -0.25) is 4.72 Å². The van der Waals surface area contributed by atoms with Gasteiger partial charge in [-0.05, 0) is 45.0 Å². The lowest BCUT2D eigenvalue weighted by atomic mass is 9.98. The molecule has 5 nitrogen and oxygen atoms in total. The van der Waals surface area contributed by atoms with E-state index in [0.29, 0.717) is 12.1 Å². The van der Waals surface area contributed by atoms with Crippen LogP contribution in [0.15, 0.2) is 18.2 Å². The largest absolute Gasteiger partial charge is 0.382 e. The number of nitrogens with zero attached hydrogens (tertiary/aromatic N) is 1. The molecule has 1 aromatic rings. The predicted octanol–water partition coefficient (Wildman–Crippen LogP) is 2.09. The molecule has 1 aliphatic rings. The van der Waals surface area contributed by atoms with E-state index in [4.69, 9.17) is 0 Å².